The molecule has 18 heavy (non-hydrogen) atoms. The first kappa shape index (κ1) is 15.4. The molecule has 0 saturated carbocycles. The second-order valence-electron chi connectivity index (χ2n) is 4.96. The van der Waals surface area contributed by atoms with Crippen LogP contribution in [0, 0.1) is 0 Å². The van der Waals surface area contributed by atoms with Gasteiger partial charge in [0.2, 0.25) is 5.91 Å². The van der Waals surface area contributed by atoms with Gasteiger partial charge in [0, 0.05) is 20.2 Å². The van der Waals surface area contributed by atoms with Crippen molar-refractivity contribution in [1.29, 1.82) is 0 Å². The summed E-state index contributed by atoms with van der Waals surface area (Å²) in [5.41, 5.74) is 0. The molecule has 1 heterocycles. The fraction of sp³-hybridized carbons (Fsp3) is 0.923. The molecule has 1 saturated heterocycles. The fourth-order valence-corrected chi connectivity index (χ4v) is 2.22. The largest absolute Gasteiger partial charge is 0.391 e. The van der Waals surface area contributed by atoms with E-state index in [1.165, 1.54) is 6.42 Å². The van der Waals surface area contributed by atoms with Crippen molar-refractivity contribution >= 4 is 5.91 Å². The van der Waals surface area contributed by atoms with E-state index in [0.717, 1.165) is 25.9 Å². The first-order valence-corrected chi connectivity index (χ1v) is 6.84. The average Bonchev–Trinajstić information content (AvgIpc) is 2.39. The molecular formula is C13H26N2O3. The van der Waals surface area contributed by atoms with Crippen molar-refractivity contribution < 1.29 is 14.6 Å². The van der Waals surface area contributed by atoms with Gasteiger partial charge in [0.05, 0.1) is 18.8 Å². The molecule has 0 aliphatic carbocycles. The lowest BCUT2D eigenvalue weighted by Gasteiger charge is -2.29. The molecule has 0 aromatic rings. The first-order valence-electron chi connectivity index (χ1n) is 6.84. The van der Waals surface area contributed by atoms with Crippen molar-refractivity contribution in [2.45, 2.75) is 44.8 Å². The van der Waals surface area contributed by atoms with Crippen LogP contribution in [0.4, 0.5) is 0 Å². The van der Waals surface area contributed by atoms with Crippen LogP contribution in [0.2, 0.25) is 0 Å². The van der Waals surface area contributed by atoms with Crippen molar-refractivity contribution in [1.82, 2.24) is 10.2 Å². The number of nitrogens with zero attached hydrogens (tertiary/aromatic N) is 1. The van der Waals surface area contributed by atoms with Crippen LogP contribution in [0.3, 0.4) is 0 Å². The summed E-state index contributed by atoms with van der Waals surface area (Å²) in [7, 11) is 1.57. The predicted molar refractivity (Wildman–Crippen MR) is 70.4 cm³/mol. The highest BCUT2D eigenvalue weighted by molar-refractivity contribution is 5.81. The summed E-state index contributed by atoms with van der Waals surface area (Å²) in [6, 6.07) is -0.169. The summed E-state index contributed by atoms with van der Waals surface area (Å²) in [5, 5.41) is 12.7. The summed E-state index contributed by atoms with van der Waals surface area (Å²) in [4.78, 5) is 14.0. The summed E-state index contributed by atoms with van der Waals surface area (Å²) >= 11 is 0. The molecule has 0 radical (unpaired) electrons. The van der Waals surface area contributed by atoms with Gasteiger partial charge in [0.1, 0.15) is 0 Å². The maximum absolute atomic E-state index is 12.1. The minimum Gasteiger partial charge on any atom is -0.391 e. The zero-order chi connectivity index (χ0) is 13.4. The number of carbonyl (C=O) groups excluding carboxylic acids is 1. The van der Waals surface area contributed by atoms with E-state index in [9.17, 15) is 9.90 Å². The predicted octanol–water partition coefficient (Wildman–Crippen LogP) is 0.374. The molecule has 2 atom stereocenters. The van der Waals surface area contributed by atoms with Crippen molar-refractivity contribution in [3.05, 3.63) is 0 Å². The van der Waals surface area contributed by atoms with Crippen molar-refractivity contribution in [3.8, 4) is 0 Å². The van der Waals surface area contributed by atoms with Crippen molar-refractivity contribution in [3.63, 3.8) is 0 Å². The Morgan fingerprint density at radius 3 is 2.67 bits per heavy atom. The number of ether oxygens (including phenoxy) is 1. The Morgan fingerprint density at radius 1 is 1.39 bits per heavy atom. The third kappa shape index (κ3) is 5.33. The Bertz CT molecular complexity index is 242. The Hall–Kier alpha value is -0.650. The number of likely N-dealkylation sites (tertiary alicyclic amines) is 1. The lowest BCUT2D eigenvalue weighted by molar-refractivity contribution is -0.133. The molecule has 2 N–H and O–H groups in total. The molecule has 5 heteroatoms. The fourth-order valence-electron chi connectivity index (χ4n) is 2.22. The molecule has 0 spiro atoms. The van der Waals surface area contributed by atoms with E-state index in [1.54, 1.807) is 7.11 Å². The molecule has 1 rings (SSSR count). The molecule has 1 amide bonds. The monoisotopic (exact) mass is 258 g/mol. The van der Waals surface area contributed by atoms with Gasteiger partial charge in [0.15, 0.2) is 0 Å². The SMILES string of the molecule is COCC(O)CCNC(C)C(=O)N1CCCCC1. The molecule has 106 valence electrons. The van der Waals surface area contributed by atoms with Crippen LogP contribution in [0.1, 0.15) is 32.6 Å². The van der Waals surface area contributed by atoms with E-state index in [-0.39, 0.29) is 11.9 Å². The van der Waals surface area contributed by atoms with Gasteiger partial charge >= 0.3 is 0 Å². The van der Waals surface area contributed by atoms with Crippen molar-refractivity contribution in [2.75, 3.05) is 33.4 Å². The molecule has 1 aliphatic rings. The Labute approximate surface area is 109 Å². The third-order valence-electron chi connectivity index (χ3n) is 3.33. The third-order valence-corrected chi connectivity index (χ3v) is 3.33. The number of methoxy groups -OCH3 is 1. The first-order chi connectivity index (χ1) is 8.65. The van der Waals surface area contributed by atoms with Gasteiger partial charge in [0.25, 0.3) is 0 Å². The summed E-state index contributed by atoms with van der Waals surface area (Å²) < 4.78 is 4.85. The van der Waals surface area contributed by atoms with E-state index in [1.807, 2.05) is 11.8 Å². The van der Waals surface area contributed by atoms with E-state index in [4.69, 9.17) is 4.74 Å². The molecule has 1 aliphatic heterocycles. The Balaban J connectivity index is 2.18. The van der Waals surface area contributed by atoms with Crippen LogP contribution in [-0.4, -0.2) is 61.4 Å². The van der Waals surface area contributed by atoms with Crippen molar-refractivity contribution in [2.24, 2.45) is 0 Å². The van der Waals surface area contributed by atoms with Crippen LogP contribution >= 0.6 is 0 Å². The zero-order valence-corrected chi connectivity index (χ0v) is 11.5. The zero-order valence-electron chi connectivity index (χ0n) is 11.5. The quantitative estimate of drug-likeness (QED) is 0.693. The number of aliphatic hydroxyl groups is 1. The van der Waals surface area contributed by atoms with Crippen LogP contribution in [0.25, 0.3) is 0 Å². The number of amides is 1. The Kier molecular flexibility index (Phi) is 7.23. The highest BCUT2D eigenvalue weighted by Gasteiger charge is 2.21. The average molecular weight is 258 g/mol. The van der Waals surface area contributed by atoms with Gasteiger partial charge in [-0.3, -0.25) is 4.79 Å². The van der Waals surface area contributed by atoms with E-state index in [2.05, 4.69) is 5.32 Å². The topological polar surface area (TPSA) is 61.8 Å². The van der Waals surface area contributed by atoms with E-state index >= 15 is 0 Å². The Morgan fingerprint density at radius 2 is 2.06 bits per heavy atom. The second-order valence-corrected chi connectivity index (χ2v) is 4.96. The smallest absolute Gasteiger partial charge is 0.239 e. The standard InChI is InChI=1S/C13H26N2O3/c1-11(14-7-6-12(16)10-18-2)13(17)15-8-4-3-5-9-15/h11-12,14,16H,3-10H2,1-2H3. The molecule has 1 fully saturated rings. The lowest BCUT2D eigenvalue weighted by atomic mass is 10.1. The van der Waals surface area contributed by atoms with Gasteiger partial charge < -0.3 is 20.1 Å². The van der Waals surface area contributed by atoms with Gasteiger partial charge in [-0.25, -0.2) is 0 Å². The minimum atomic E-state index is -0.459. The van der Waals surface area contributed by atoms with Gasteiger partial charge in [-0.2, -0.15) is 0 Å². The van der Waals surface area contributed by atoms with Crippen LogP contribution in [0.15, 0.2) is 0 Å². The molecular weight excluding hydrogens is 232 g/mol. The number of carbonyl (C=O) groups is 1. The summed E-state index contributed by atoms with van der Waals surface area (Å²) in [6.07, 6.45) is 3.61. The van der Waals surface area contributed by atoms with Crippen LogP contribution in [0.5, 0.6) is 0 Å². The molecule has 2 unspecified atom stereocenters. The second kappa shape index (κ2) is 8.45. The molecule has 0 aromatic heterocycles. The summed E-state index contributed by atoms with van der Waals surface area (Å²) in [5.74, 6) is 0.177. The van der Waals surface area contributed by atoms with Crippen LogP contribution in [-0.2, 0) is 9.53 Å². The van der Waals surface area contributed by atoms with E-state index < -0.39 is 6.10 Å². The number of aliphatic hydroxyl groups excluding tert-OH is 1. The molecule has 5 nitrogen and oxygen atoms in total. The maximum atomic E-state index is 12.1. The normalized spacial score (nSPS) is 19.6. The number of nitrogens with one attached hydrogen (secondary N) is 1. The van der Waals surface area contributed by atoms with Gasteiger partial charge in [-0.05, 0) is 39.2 Å². The number of piperidine rings is 1. The van der Waals surface area contributed by atoms with Gasteiger partial charge in [-0.15, -0.1) is 0 Å². The number of rotatable bonds is 7. The van der Waals surface area contributed by atoms with E-state index in [0.29, 0.717) is 19.6 Å². The highest BCUT2D eigenvalue weighted by atomic mass is 16.5. The minimum absolute atomic E-state index is 0.169. The molecule has 0 bridgehead atoms. The molecule has 0 aromatic carbocycles. The summed E-state index contributed by atoms with van der Waals surface area (Å²) in [6.45, 7) is 4.63. The van der Waals surface area contributed by atoms with Crippen LogP contribution < -0.4 is 5.32 Å². The number of hydrogen-bond donors (Lipinski definition) is 2. The number of hydrogen-bond acceptors (Lipinski definition) is 4. The maximum Gasteiger partial charge on any atom is 0.239 e. The van der Waals surface area contributed by atoms with Gasteiger partial charge in [-0.1, -0.05) is 0 Å². The lowest BCUT2D eigenvalue weighted by Crippen LogP contribution is -2.47. The highest BCUT2D eigenvalue weighted by Crippen LogP contribution is 2.09.